The molecule has 1 rings (SSSR count). The maximum Gasteiger partial charge on any atom is 0.326 e. The Kier molecular flexibility index (Phi) is 17.1. The molecule has 20 nitrogen and oxygen atoms in total. The van der Waals surface area contributed by atoms with Gasteiger partial charge in [0.1, 0.15) is 36.3 Å². The minimum Gasteiger partial charge on any atom is -0.481 e. The number of carbonyl (C=O) groups is 9. The zero-order valence-corrected chi connectivity index (χ0v) is 27.9. The van der Waals surface area contributed by atoms with Gasteiger partial charge in [0, 0.05) is 13.0 Å². The maximum absolute atomic E-state index is 13.2. The number of carboxylic acids is 2. The first kappa shape index (κ1) is 42.2. The second-order valence-corrected chi connectivity index (χ2v) is 12.2. The Balaban J connectivity index is 2.93. The van der Waals surface area contributed by atoms with Crippen LogP contribution >= 0.6 is 0 Å². The number of amides is 7. The van der Waals surface area contributed by atoms with Gasteiger partial charge in [0.2, 0.25) is 41.4 Å². The Morgan fingerprint density at radius 3 is 1.88 bits per heavy atom. The number of likely N-dealkylation sites (tertiary alicyclic amines) is 1. The molecule has 1 aliphatic heterocycles. The fraction of sp³-hybridized carbons (Fsp3) is 0.690. The average Bonchev–Trinajstić information content (AvgIpc) is 3.50. The summed E-state index contributed by atoms with van der Waals surface area (Å²) in [5.74, 6) is -8.68. The van der Waals surface area contributed by atoms with Crippen LogP contribution in [0.25, 0.3) is 0 Å². The number of aliphatic carboxylic acids is 2. The van der Waals surface area contributed by atoms with Crippen LogP contribution in [-0.4, -0.2) is 129 Å². The van der Waals surface area contributed by atoms with Crippen molar-refractivity contribution in [2.45, 2.75) is 109 Å². The van der Waals surface area contributed by atoms with Crippen molar-refractivity contribution in [3.8, 4) is 0 Å². The van der Waals surface area contributed by atoms with Crippen LogP contribution in [-0.2, 0) is 43.2 Å². The number of nitrogens with two attached hydrogens (primary N) is 2. The predicted molar refractivity (Wildman–Crippen MR) is 169 cm³/mol. The van der Waals surface area contributed by atoms with Gasteiger partial charge < -0.3 is 58.3 Å². The lowest BCUT2D eigenvalue weighted by Crippen LogP contribution is -2.59. The first-order chi connectivity index (χ1) is 22.8. The summed E-state index contributed by atoms with van der Waals surface area (Å²) in [6.07, 6.45) is -0.569. The molecule has 0 bridgehead atoms. The van der Waals surface area contributed by atoms with Crippen molar-refractivity contribution in [2.75, 3.05) is 13.2 Å². The van der Waals surface area contributed by atoms with Crippen molar-refractivity contribution >= 4 is 53.3 Å². The number of carboxylic acid groups (broad SMARTS) is 2. The highest BCUT2D eigenvalue weighted by Crippen LogP contribution is 2.19. The van der Waals surface area contributed by atoms with Crippen LogP contribution in [0.5, 0.6) is 0 Å². The number of aliphatic hydroxyl groups is 1. The summed E-state index contributed by atoms with van der Waals surface area (Å²) in [7, 11) is 0. The van der Waals surface area contributed by atoms with E-state index in [1.807, 2.05) is 0 Å². The van der Waals surface area contributed by atoms with Crippen LogP contribution in [0.2, 0.25) is 0 Å². The number of rotatable bonds is 20. The standard InChI is InChI=1S/C29H48N8O12/c1-13(2)10-18(29(48)49)35-27(46)20-6-5-9-37(20)28(47)15(4)33-26(45)19(12-38)36-25(44)17(7-8-21(31)39)34-23(42)14(3)32-24(43)16(30)11-22(40)41/h13-20,38H,5-12,30H2,1-4H3,(H2,31,39)(H,32,43)(H,33,45)(H,34,42)(H,35,46)(H,36,44)(H,40,41)(H,48,49)/t14-,15-,16-,17-,18-,19-,20-/m0/s1. The van der Waals surface area contributed by atoms with E-state index in [4.69, 9.17) is 16.6 Å². The van der Waals surface area contributed by atoms with E-state index in [1.165, 1.54) is 18.7 Å². The fourth-order valence-electron chi connectivity index (χ4n) is 4.87. The van der Waals surface area contributed by atoms with Gasteiger partial charge in [-0.05, 0) is 45.4 Å². The SMILES string of the molecule is CC(C)C[C@H](NC(=O)[C@@H]1CCCN1C(=O)[C@H](C)NC(=O)[C@H](CO)NC(=O)[C@H](CCC(N)=O)NC(=O)[C@H](C)NC(=O)[C@@H](N)CC(=O)O)C(=O)O. The van der Waals surface area contributed by atoms with E-state index < -0.39 is 109 Å². The Morgan fingerprint density at radius 2 is 1.35 bits per heavy atom. The van der Waals surface area contributed by atoms with Gasteiger partial charge >= 0.3 is 11.9 Å². The number of aliphatic hydroxyl groups excluding tert-OH is 1. The molecule has 0 unspecified atom stereocenters. The largest absolute Gasteiger partial charge is 0.481 e. The van der Waals surface area contributed by atoms with E-state index >= 15 is 0 Å². The summed E-state index contributed by atoms with van der Waals surface area (Å²) in [4.78, 5) is 112. The van der Waals surface area contributed by atoms with Crippen molar-refractivity contribution in [1.82, 2.24) is 31.5 Å². The third-order valence-electron chi connectivity index (χ3n) is 7.50. The van der Waals surface area contributed by atoms with E-state index in [1.54, 1.807) is 13.8 Å². The van der Waals surface area contributed by atoms with Gasteiger partial charge in [0.15, 0.2) is 0 Å². The number of primary amides is 1. The summed E-state index contributed by atoms with van der Waals surface area (Å²) in [5.41, 5.74) is 10.7. The molecule has 49 heavy (non-hydrogen) atoms. The molecule has 0 saturated carbocycles. The number of hydrogen-bond donors (Lipinski definition) is 10. The molecular weight excluding hydrogens is 652 g/mol. The molecule has 7 atom stereocenters. The predicted octanol–water partition coefficient (Wildman–Crippen LogP) is -4.37. The molecule has 0 aromatic carbocycles. The molecule has 0 aromatic rings. The summed E-state index contributed by atoms with van der Waals surface area (Å²) in [6.45, 7) is 5.33. The number of nitrogens with one attached hydrogen (secondary N) is 5. The number of carbonyl (C=O) groups excluding carboxylic acids is 7. The van der Waals surface area contributed by atoms with Crippen molar-refractivity contribution in [3.63, 3.8) is 0 Å². The molecule has 0 spiro atoms. The Hall–Kier alpha value is -4.85. The zero-order chi connectivity index (χ0) is 37.6. The number of nitrogens with zero attached hydrogens (tertiary/aromatic N) is 1. The normalized spacial score (nSPS) is 17.8. The first-order valence-corrected chi connectivity index (χ1v) is 15.7. The molecular formula is C29H48N8O12. The molecule has 276 valence electrons. The average molecular weight is 701 g/mol. The summed E-state index contributed by atoms with van der Waals surface area (Å²) in [6, 6.07) is -9.32. The van der Waals surface area contributed by atoms with Gasteiger partial charge in [0.25, 0.3) is 0 Å². The van der Waals surface area contributed by atoms with Gasteiger partial charge in [-0.2, -0.15) is 0 Å². The molecule has 0 aromatic heterocycles. The van der Waals surface area contributed by atoms with Gasteiger partial charge in [-0.3, -0.25) is 38.4 Å². The minimum atomic E-state index is -1.65. The van der Waals surface area contributed by atoms with E-state index in [9.17, 15) is 53.4 Å². The van der Waals surface area contributed by atoms with Crippen molar-refractivity contribution in [3.05, 3.63) is 0 Å². The molecule has 1 heterocycles. The van der Waals surface area contributed by atoms with E-state index in [0.29, 0.717) is 6.42 Å². The molecule has 1 aliphatic rings. The smallest absolute Gasteiger partial charge is 0.326 e. The number of hydrogen-bond acceptors (Lipinski definition) is 11. The fourth-order valence-corrected chi connectivity index (χ4v) is 4.87. The van der Waals surface area contributed by atoms with Crippen LogP contribution in [0.3, 0.4) is 0 Å². The molecule has 20 heteroatoms. The highest BCUT2D eigenvalue weighted by atomic mass is 16.4. The molecule has 7 amide bonds. The lowest BCUT2D eigenvalue weighted by Gasteiger charge is -2.29. The van der Waals surface area contributed by atoms with Crippen LogP contribution in [0.15, 0.2) is 0 Å². The Labute approximate surface area is 282 Å². The molecule has 1 fully saturated rings. The van der Waals surface area contributed by atoms with Crippen LogP contribution < -0.4 is 38.1 Å². The topological polar surface area (TPSA) is 330 Å². The van der Waals surface area contributed by atoms with Crippen molar-refractivity contribution in [1.29, 1.82) is 0 Å². The van der Waals surface area contributed by atoms with Crippen molar-refractivity contribution in [2.24, 2.45) is 17.4 Å². The lowest BCUT2D eigenvalue weighted by molar-refractivity contribution is -0.145. The monoisotopic (exact) mass is 700 g/mol. The maximum atomic E-state index is 13.2. The lowest BCUT2D eigenvalue weighted by atomic mass is 10.0. The first-order valence-electron chi connectivity index (χ1n) is 15.7. The van der Waals surface area contributed by atoms with E-state index in [0.717, 1.165) is 0 Å². The Morgan fingerprint density at radius 1 is 0.776 bits per heavy atom. The van der Waals surface area contributed by atoms with E-state index in [-0.39, 0.29) is 38.1 Å². The second kappa shape index (κ2) is 19.8. The van der Waals surface area contributed by atoms with Crippen molar-refractivity contribution < 1.29 is 58.5 Å². The highest BCUT2D eigenvalue weighted by Gasteiger charge is 2.38. The molecule has 0 aliphatic carbocycles. The third kappa shape index (κ3) is 14.0. The third-order valence-corrected chi connectivity index (χ3v) is 7.50. The van der Waals surface area contributed by atoms with Gasteiger partial charge in [-0.1, -0.05) is 13.8 Å². The molecule has 1 saturated heterocycles. The van der Waals surface area contributed by atoms with Gasteiger partial charge in [0.05, 0.1) is 19.1 Å². The zero-order valence-electron chi connectivity index (χ0n) is 27.9. The second-order valence-electron chi connectivity index (χ2n) is 12.2. The summed E-state index contributed by atoms with van der Waals surface area (Å²) >= 11 is 0. The van der Waals surface area contributed by atoms with Crippen LogP contribution in [0, 0.1) is 5.92 Å². The summed E-state index contributed by atoms with van der Waals surface area (Å²) in [5, 5.41) is 39.7. The quantitative estimate of drug-likeness (QED) is 0.0575. The van der Waals surface area contributed by atoms with Gasteiger partial charge in [-0.15, -0.1) is 0 Å². The minimum absolute atomic E-state index is 0.0276. The Bertz CT molecular complexity index is 1260. The van der Waals surface area contributed by atoms with E-state index in [2.05, 4.69) is 26.6 Å². The van der Waals surface area contributed by atoms with Gasteiger partial charge in [-0.25, -0.2) is 4.79 Å². The molecule has 12 N–H and O–H groups in total. The highest BCUT2D eigenvalue weighted by molar-refractivity contribution is 5.97. The summed E-state index contributed by atoms with van der Waals surface area (Å²) < 4.78 is 0. The van der Waals surface area contributed by atoms with Crippen LogP contribution in [0.4, 0.5) is 0 Å². The molecule has 0 radical (unpaired) electrons. The van der Waals surface area contributed by atoms with Crippen LogP contribution in [0.1, 0.15) is 66.2 Å².